The van der Waals surface area contributed by atoms with Crippen LogP contribution in [-0.4, -0.2) is 23.5 Å². The number of nitrogens with one attached hydrogen (secondary N) is 1. The Morgan fingerprint density at radius 1 is 1.29 bits per heavy atom. The Bertz CT molecular complexity index is 516. The Hall–Kier alpha value is -2.25. The van der Waals surface area contributed by atoms with E-state index in [0.717, 1.165) is 12.1 Å². The summed E-state index contributed by atoms with van der Waals surface area (Å²) in [7, 11) is 0. The molecule has 0 spiro atoms. The van der Waals surface area contributed by atoms with Crippen molar-refractivity contribution in [3.8, 4) is 0 Å². The number of alkyl halides is 3. The predicted molar refractivity (Wildman–Crippen MR) is 71.0 cm³/mol. The van der Waals surface area contributed by atoms with Gasteiger partial charge in [-0.15, -0.1) is 0 Å². The fourth-order valence-electron chi connectivity index (χ4n) is 1.71. The van der Waals surface area contributed by atoms with Crippen molar-refractivity contribution >= 4 is 11.7 Å². The molecule has 1 aromatic rings. The summed E-state index contributed by atoms with van der Waals surface area (Å²) in [6, 6.07) is 4.61. The maximum absolute atomic E-state index is 12.7. The average Bonchev–Trinajstić information content (AvgIpc) is 2.45. The van der Waals surface area contributed by atoms with Crippen molar-refractivity contribution in [2.45, 2.75) is 25.4 Å². The molecule has 0 aliphatic rings. The molecule has 21 heavy (non-hydrogen) atoms. The fourth-order valence-corrected chi connectivity index (χ4v) is 1.71. The highest BCUT2D eigenvalue weighted by molar-refractivity contribution is 5.95. The summed E-state index contributed by atoms with van der Waals surface area (Å²) in [4.78, 5) is 11.8. The van der Waals surface area contributed by atoms with Gasteiger partial charge in [-0.25, -0.2) is 0 Å². The molecule has 116 valence electrons. The molecular formula is C13H16F3N3O2. The van der Waals surface area contributed by atoms with Crippen LogP contribution in [0.15, 0.2) is 29.4 Å². The van der Waals surface area contributed by atoms with Crippen LogP contribution in [0.25, 0.3) is 0 Å². The first-order valence-corrected chi connectivity index (χ1v) is 6.27. The molecule has 4 N–H and O–H groups in total. The van der Waals surface area contributed by atoms with Crippen LogP contribution in [0.5, 0.6) is 0 Å². The van der Waals surface area contributed by atoms with Gasteiger partial charge >= 0.3 is 6.18 Å². The molecule has 0 bridgehead atoms. The first-order valence-electron chi connectivity index (χ1n) is 6.27. The third-order valence-corrected chi connectivity index (χ3v) is 2.75. The van der Waals surface area contributed by atoms with E-state index in [2.05, 4.69) is 10.5 Å². The van der Waals surface area contributed by atoms with Gasteiger partial charge in [0.1, 0.15) is 5.84 Å². The first kappa shape index (κ1) is 16.8. The number of amidine groups is 1. The summed E-state index contributed by atoms with van der Waals surface area (Å²) in [6.45, 7) is 0.212. The van der Waals surface area contributed by atoms with E-state index in [1.807, 2.05) is 0 Å². The second kappa shape index (κ2) is 7.51. The minimum Gasteiger partial charge on any atom is -0.409 e. The van der Waals surface area contributed by atoms with E-state index in [4.69, 9.17) is 10.9 Å². The highest BCUT2D eigenvalue weighted by Gasteiger charge is 2.34. The molecule has 0 saturated heterocycles. The topological polar surface area (TPSA) is 87.7 Å². The Morgan fingerprint density at radius 3 is 2.57 bits per heavy atom. The molecule has 0 radical (unpaired) electrons. The van der Waals surface area contributed by atoms with Crippen LogP contribution < -0.4 is 11.1 Å². The van der Waals surface area contributed by atoms with E-state index in [0.29, 0.717) is 19.3 Å². The molecule has 0 saturated carbocycles. The zero-order chi connectivity index (χ0) is 15.9. The highest BCUT2D eigenvalue weighted by Crippen LogP contribution is 2.31. The third-order valence-electron chi connectivity index (χ3n) is 2.75. The van der Waals surface area contributed by atoms with Crippen LogP contribution in [0.2, 0.25) is 0 Å². The summed E-state index contributed by atoms with van der Waals surface area (Å²) < 4.78 is 38.2. The lowest BCUT2D eigenvalue weighted by atomic mass is 10.1. The predicted octanol–water partition coefficient (Wildman–Crippen LogP) is 2.35. The summed E-state index contributed by atoms with van der Waals surface area (Å²) in [5, 5.41) is 13.5. The number of benzene rings is 1. The first-order chi connectivity index (χ1) is 9.86. The minimum absolute atomic E-state index is 0.0729. The second-order valence-electron chi connectivity index (χ2n) is 4.35. The molecule has 0 atom stereocenters. The molecule has 0 heterocycles. The number of carbonyl (C=O) groups is 1. The van der Waals surface area contributed by atoms with Crippen LogP contribution in [0.1, 0.15) is 35.2 Å². The Morgan fingerprint density at radius 2 is 1.95 bits per heavy atom. The molecule has 0 fully saturated rings. The summed E-state index contributed by atoms with van der Waals surface area (Å²) >= 11 is 0. The fraction of sp³-hybridized carbons (Fsp3) is 0.385. The van der Waals surface area contributed by atoms with Gasteiger partial charge in [0, 0.05) is 13.0 Å². The van der Waals surface area contributed by atoms with Gasteiger partial charge in [-0.1, -0.05) is 17.3 Å². The average molecular weight is 303 g/mol. The number of oxime groups is 1. The molecule has 8 heteroatoms. The van der Waals surface area contributed by atoms with Crippen molar-refractivity contribution in [2.24, 2.45) is 10.9 Å². The number of amides is 1. The number of nitrogens with two attached hydrogens (primary N) is 1. The normalized spacial score (nSPS) is 12.2. The Kier molecular flexibility index (Phi) is 6.01. The van der Waals surface area contributed by atoms with Crippen molar-refractivity contribution in [1.29, 1.82) is 0 Å². The van der Waals surface area contributed by atoms with Crippen molar-refractivity contribution in [1.82, 2.24) is 5.32 Å². The van der Waals surface area contributed by atoms with Gasteiger partial charge in [-0.3, -0.25) is 4.79 Å². The standard InChI is InChI=1S/C13H16F3N3O2/c14-13(15,16)10-6-2-1-5-9(10)12(20)18-8-4-3-7-11(17)19-21/h1-2,5-6,21H,3-4,7-8H2,(H2,17,19)(H,18,20). The second-order valence-corrected chi connectivity index (χ2v) is 4.35. The number of nitrogens with zero attached hydrogens (tertiary/aromatic N) is 1. The summed E-state index contributed by atoms with van der Waals surface area (Å²) in [5.74, 6) is -0.699. The molecular weight excluding hydrogens is 287 g/mol. The van der Waals surface area contributed by atoms with Gasteiger partial charge in [-0.2, -0.15) is 13.2 Å². The summed E-state index contributed by atoms with van der Waals surface area (Å²) in [6.07, 6.45) is -3.15. The van der Waals surface area contributed by atoms with Gasteiger partial charge in [-0.05, 0) is 25.0 Å². The minimum atomic E-state index is -4.57. The molecule has 0 aliphatic heterocycles. The van der Waals surface area contributed by atoms with Gasteiger partial charge in [0.2, 0.25) is 0 Å². The van der Waals surface area contributed by atoms with Gasteiger partial charge in [0.05, 0.1) is 11.1 Å². The van der Waals surface area contributed by atoms with Crippen molar-refractivity contribution in [3.63, 3.8) is 0 Å². The Balaban J connectivity index is 2.54. The van der Waals surface area contributed by atoms with Crippen LogP contribution in [-0.2, 0) is 6.18 Å². The van der Waals surface area contributed by atoms with Gasteiger partial charge < -0.3 is 16.3 Å². The lowest BCUT2D eigenvalue weighted by Crippen LogP contribution is -2.27. The molecule has 1 aromatic carbocycles. The molecule has 1 rings (SSSR count). The number of carbonyl (C=O) groups excluding carboxylic acids is 1. The zero-order valence-corrected chi connectivity index (χ0v) is 11.2. The smallest absolute Gasteiger partial charge is 0.409 e. The van der Waals surface area contributed by atoms with E-state index in [9.17, 15) is 18.0 Å². The third kappa shape index (κ3) is 5.33. The lowest BCUT2D eigenvalue weighted by Gasteiger charge is -2.12. The molecule has 5 nitrogen and oxygen atoms in total. The SMILES string of the molecule is NC(CCCCNC(=O)c1ccccc1C(F)(F)F)=NO. The van der Waals surface area contributed by atoms with Crippen LogP contribution in [0.3, 0.4) is 0 Å². The highest BCUT2D eigenvalue weighted by atomic mass is 19.4. The maximum atomic E-state index is 12.7. The number of hydrogen-bond acceptors (Lipinski definition) is 3. The van der Waals surface area contributed by atoms with Crippen molar-refractivity contribution in [3.05, 3.63) is 35.4 Å². The van der Waals surface area contributed by atoms with E-state index in [1.165, 1.54) is 12.1 Å². The van der Waals surface area contributed by atoms with Crippen LogP contribution >= 0.6 is 0 Å². The zero-order valence-electron chi connectivity index (χ0n) is 11.2. The van der Waals surface area contributed by atoms with Gasteiger partial charge in [0.15, 0.2) is 0 Å². The lowest BCUT2D eigenvalue weighted by molar-refractivity contribution is -0.137. The van der Waals surface area contributed by atoms with E-state index >= 15 is 0 Å². The molecule has 0 aliphatic carbocycles. The van der Waals surface area contributed by atoms with Crippen molar-refractivity contribution < 1.29 is 23.2 Å². The number of hydrogen-bond donors (Lipinski definition) is 3. The molecule has 0 unspecified atom stereocenters. The number of rotatable bonds is 6. The Labute approximate surface area is 119 Å². The van der Waals surface area contributed by atoms with E-state index in [-0.39, 0.29) is 12.4 Å². The van der Waals surface area contributed by atoms with E-state index in [1.54, 1.807) is 0 Å². The van der Waals surface area contributed by atoms with Crippen LogP contribution in [0.4, 0.5) is 13.2 Å². The quantitative estimate of drug-likeness (QED) is 0.248. The van der Waals surface area contributed by atoms with Gasteiger partial charge in [0.25, 0.3) is 5.91 Å². The number of halogens is 3. The van der Waals surface area contributed by atoms with Crippen molar-refractivity contribution in [2.75, 3.05) is 6.54 Å². The monoisotopic (exact) mass is 303 g/mol. The van der Waals surface area contributed by atoms with E-state index < -0.39 is 23.2 Å². The molecule has 0 aromatic heterocycles. The summed E-state index contributed by atoms with van der Waals surface area (Å²) in [5.41, 5.74) is 3.90. The largest absolute Gasteiger partial charge is 0.417 e. The molecule has 1 amide bonds. The number of unbranched alkanes of at least 4 members (excludes halogenated alkanes) is 1. The maximum Gasteiger partial charge on any atom is 0.417 e. The van der Waals surface area contributed by atoms with Crippen LogP contribution in [0, 0.1) is 0 Å².